The fraction of sp³-hybridized carbons (Fsp3) is 0.364. The highest BCUT2D eigenvalue weighted by atomic mass is 16.2. The second-order valence-corrected chi connectivity index (χ2v) is 7.41. The molecule has 26 heavy (non-hydrogen) atoms. The van der Waals surface area contributed by atoms with Crippen LogP contribution in [0, 0.1) is 5.92 Å². The number of carbonyl (C=O) groups excluding carboxylic acids is 2. The van der Waals surface area contributed by atoms with E-state index in [-0.39, 0.29) is 17.7 Å². The van der Waals surface area contributed by atoms with E-state index in [9.17, 15) is 9.59 Å². The van der Waals surface area contributed by atoms with Crippen LogP contribution in [0.1, 0.15) is 36.3 Å². The number of rotatable bonds is 3. The van der Waals surface area contributed by atoms with Gasteiger partial charge in [-0.05, 0) is 42.4 Å². The maximum Gasteiger partial charge on any atom is 0.249 e. The Morgan fingerprint density at radius 3 is 2.58 bits per heavy atom. The van der Waals surface area contributed by atoms with Crippen molar-refractivity contribution in [2.45, 2.75) is 37.6 Å². The molecule has 1 saturated carbocycles. The van der Waals surface area contributed by atoms with Gasteiger partial charge in [-0.25, -0.2) is 0 Å². The maximum atomic E-state index is 12.8. The lowest BCUT2D eigenvalue weighted by molar-refractivity contribution is -0.130. The lowest BCUT2D eigenvalue weighted by Crippen LogP contribution is -2.52. The topological polar surface area (TPSA) is 49.4 Å². The normalized spacial score (nSPS) is 25.0. The zero-order valence-corrected chi connectivity index (χ0v) is 15.0. The molecule has 2 aromatic rings. The third-order valence-electron chi connectivity index (χ3n) is 5.80. The molecule has 4 heteroatoms. The lowest BCUT2D eigenvalue weighted by atomic mass is 9.95. The Kier molecular flexibility index (Phi) is 4.49. The fourth-order valence-electron chi connectivity index (χ4n) is 4.32. The predicted molar refractivity (Wildman–Crippen MR) is 102 cm³/mol. The molecule has 134 valence electrons. The molecule has 0 saturated heterocycles. The highest BCUT2D eigenvalue weighted by molar-refractivity contribution is 6.01. The van der Waals surface area contributed by atoms with Gasteiger partial charge in [0.2, 0.25) is 11.8 Å². The van der Waals surface area contributed by atoms with E-state index >= 15 is 0 Å². The number of carbonyl (C=O) groups is 2. The summed E-state index contributed by atoms with van der Waals surface area (Å²) in [6, 6.07) is 17.8. The third-order valence-corrected chi connectivity index (χ3v) is 5.80. The average molecular weight is 348 g/mol. The van der Waals surface area contributed by atoms with Gasteiger partial charge in [0.15, 0.2) is 0 Å². The average Bonchev–Trinajstić information content (AvgIpc) is 3.17. The van der Waals surface area contributed by atoms with Crippen molar-refractivity contribution in [3.8, 4) is 0 Å². The SMILES string of the molecule is CN1C(=O)C(NC(=O)[C@@H]2CC[C@@H](c3ccccc3)C2)Cc2ccccc21. The molecule has 4 nitrogen and oxygen atoms in total. The molecule has 1 unspecified atom stereocenters. The van der Waals surface area contributed by atoms with Gasteiger partial charge in [0.05, 0.1) is 0 Å². The lowest BCUT2D eigenvalue weighted by Gasteiger charge is -2.32. The number of nitrogens with one attached hydrogen (secondary N) is 1. The van der Waals surface area contributed by atoms with Crippen LogP contribution < -0.4 is 10.2 Å². The van der Waals surface area contributed by atoms with Crippen molar-refractivity contribution in [1.82, 2.24) is 5.32 Å². The maximum absolute atomic E-state index is 12.8. The van der Waals surface area contributed by atoms with E-state index in [0.717, 1.165) is 30.5 Å². The number of anilines is 1. The summed E-state index contributed by atoms with van der Waals surface area (Å²) in [7, 11) is 1.78. The van der Waals surface area contributed by atoms with Crippen LogP contribution in [0.2, 0.25) is 0 Å². The first-order chi connectivity index (χ1) is 12.6. The molecule has 0 spiro atoms. The summed E-state index contributed by atoms with van der Waals surface area (Å²) in [5.74, 6) is 0.428. The molecule has 2 aromatic carbocycles. The minimum Gasteiger partial charge on any atom is -0.344 e. The van der Waals surface area contributed by atoms with Crippen LogP contribution in [0.25, 0.3) is 0 Å². The number of hydrogen-bond donors (Lipinski definition) is 1. The van der Waals surface area contributed by atoms with Crippen molar-refractivity contribution < 1.29 is 9.59 Å². The van der Waals surface area contributed by atoms with Gasteiger partial charge in [-0.15, -0.1) is 0 Å². The Labute approximate surface area is 154 Å². The van der Waals surface area contributed by atoms with E-state index in [0.29, 0.717) is 12.3 Å². The fourth-order valence-corrected chi connectivity index (χ4v) is 4.32. The van der Waals surface area contributed by atoms with Crippen LogP contribution in [0.4, 0.5) is 5.69 Å². The number of hydrogen-bond acceptors (Lipinski definition) is 2. The molecular weight excluding hydrogens is 324 g/mol. The van der Waals surface area contributed by atoms with Crippen LogP contribution >= 0.6 is 0 Å². The van der Waals surface area contributed by atoms with Crippen molar-refractivity contribution in [2.24, 2.45) is 5.92 Å². The number of likely N-dealkylation sites (N-methyl/N-ethyl adjacent to an activating group) is 1. The molecule has 0 aromatic heterocycles. The van der Waals surface area contributed by atoms with Gasteiger partial charge >= 0.3 is 0 Å². The van der Waals surface area contributed by atoms with E-state index in [2.05, 4.69) is 29.6 Å². The van der Waals surface area contributed by atoms with Crippen molar-refractivity contribution >= 4 is 17.5 Å². The van der Waals surface area contributed by atoms with E-state index in [1.54, 1.807) is 11.9 Å². The van der Waals surface area contributed by atoms with Gasteiger partial charge < -0.3 is 10.2 Å². The molecule has 1 heterocycles. The van der Waals surface area contributed by atoms with Crippen molar-refractivity contribution in [3.63, 3.8) is 0 Å². The summed E-state index contributed by atoms with van der Waals surface area (Å²) in [4.78, 5) is 27.1. The summed E-state index contributed by atoms with van der Waals surface area (Å²) in [5.41, 5.74) is 3.35. The highest BCUT2D eigenvalue weighted by Crippen LogP contribution is 2.38. The van der Waals surface area contributed by atoms with E-state index in [1.165, 1.54) is 5.56 Å². The van der Waals surface area contributed by atoms with Crippen LogP contribution in [-0.2, 0) is 16.0 Å². The minimum atomic E-state index is -0.460. The zero-order chi connectivity index (χ0) is 18.1. The smallest absolute Gasteiger partial charge is 0.249 e. The van der Waals surface area contributed by atoms with Crippen molar-refractivity contribution in [2.75, 3.05) is 11.9 Å². The quantitative estimate of drug-likeness (QED) is 0.925. The molecule has 3 atom stereocenters. The summed E-state index contributed by atoms with van der Waals surface area (Å²) < 4.78 is 0. The first-order valence-corrected chi connectivity index (χ1v) is 9.34. The molecule has 2 aliphatic rings. The minimum absolute atomic E-state index is 0.00418. The Morgan fingerprint density at radius 2 is 1.77 bits per heavy atom. The molecule has 4 rings (SSSR count). The van der Waals surface area contributed by atoms with Crippen LogP contribution in [0.3, 0.4) is 0 Å². The predicted octanol–water partition coefficient (Wildman–Crippen LogP) is 3.27. The molecule has 1 aliphatic carbocycles. The number of nitrogens with zero attached hydrogens (tertiary/aromatic N) is 1. The Bertz CT molecular complexity index is 818. The molecule has 1 aliphatic heterocycles. The second-order valence-electron chi connectivity index (χ2n) is 7.41. The number of benzene rings is 2. The van der Waals surface area contributed by atoms with E-state index < -0.39 is 6.04 Å². The van der Waals surface area contributed by atoms with Crippen molar-refractivity contribution in [3.05, 3.63) is 65.7 Å². The van der Waals surface area contributed by atoms with Gasteiger partial charge in [-0.2, -0.15) is 0 Å². The Morgan fingerprint density at radius 1 is 1.04 bits per heavy atom. The molecule has 0 radical (unpaired) electrons. The molecule has 0 bridgehead atoms. The van der Waals surface area contributed by atoms with Gasteiger partial charge in [0.1, 0.15) is 6.04 Å². The Hall–Kier alpha value is -2.62. The van der Waals surface area contributed by atoms with Gasteiger partial charge in [-0.3, -0.25) is 9.59 Å². The van der Waals surface area contributed by atoms with Crippen LogP contribution in [0.5, 0.6) is 0 Å². The van der Waals surface area contributed by atoms with Crippen LogP contribution in [0.15, 0.2) is 54.6 Å². The summed E-state index contributed by atoms with van der Waals surface area (Å²) in [6.45, 7) is 0. The first kappa shape index (κ1) is 16.8. The molecule has 2 amide bonds. The molecule has 1 fully saturated rings. The van der Waals surface area contributed by atoms with Gasteiger partial charge in [-0.1, -0.05) is 48.5 Å². The van der Waals surface area contributed by atoms with Crippen LogP contribution in [-0.4, -0.2) is 24.9 Å². The largest absolute Gasteiger partial charge is 0.344 e. The Balaban J connectivity index is 1.42. The van der Waals surface area contributed by atoms with Gasteiger partial charge in [0, 0.05) is 25.1 Å². The standard InChI is InChI=1S/C22H24N2O2/c1-24-20-10-6-5-9-17(20)14-19(22(24)26)23-21(25)18-12-11-16(13-18)15-7-3-2-4-8-15/h2-10,16,18-19H,11-14H2,1H3,(H,23,25)/t16-,18-,19?/m1/s1. The zero-order valence-electron chi connectivity index (χ0n) is 15.0. The van der Waals surface area contributed by atoms with E-state index in [4.69, 9.17) is 0 Å². The molecular formula is C22H24N2O2. The summed E-state index contributed by atoms with van der Waals surface area (Å²) >= 11 is 0. The number of amides is 2. The molecule has 1 N–H and O–H groups in total. The highest BCUT2D eigenvalue weighted by Gasteiger charge is 2.35. The monoisotopic (exact) mass is 348 g/mol. The van der Waals surface area contributed by atoms with E-state index in [1.807, 2.05) is 30.3 Å². The third kappa shape index (κ3) is 3.12. The number of fused-ring (bicyclic) bond motifs is 1. The number of para-hydroxylation sites is 1. The second kappa shape index (κ2) is 6.94. The first-order valence-electron chi connectivity index (χ1n) is 9.34. The van der Waals surface area contributed by atoms with Gasteiger partial charge in [0.25, 0.3) is 0 Å². The summed E-state index contributed by atoms with van der Waals surface area (Å²) in [5, 5.41) is 3.02. The summed E-state index contributed by atoms with van der Waals surface area (Å²) in [6.07, 6.45) is 3.35. The van der Waals surface area contributed by atoms with Crippen molar-refractivity contribution in [1.29, 1.82) is 0 Å².